The Bertz CT molecular complexity index is 1620. The van der Waals surface area contributed by atoms with Crippen molar-refractivity contribution in [3.8, 4) is 32.7 Å². The molecule has 2 aliphatic rings. The number of rotatable bonds is 3. The number of aromatic nitrogens is 4. The summed E-state index contributed by atoms with van der Waals surface area (Å²) < 4.78 is 74.8. The predicted molar refractivity (Wildman–Crippen MR) is 141 cm³/mol. The van der Waals surface area contributed by atoms with Gasteiger partial charge in [0.1, 0.15) is 35.1 Å². The summed E-state index contributed by atoms with van der Waals surface area (Å²) in [6, 6.07) is 7.30. The van der Waals surface area contributed by atoms with Crippen LogP contribution in [-0.2, 0) is 11.2 Å². The van der Waals surface area contributed by atoms with Crippen molar-refractivity contribution < 1.29 is 31.5 Å². The Morgan fingerprint density at radius 1 is 1.07 bits per heavy atom. The molecule has 2 unspecified atom stereocenters. The molecule has 6 rings (SSSR count). The Balaban J connectivity index is 1.34. The van der Waals surface area contributed by atoms with Crippen LogP contribution in [0.5, 0.6) is 5.75 Å². The fourth-order valence-electron chi connectivity index (χ4n) is 5.38. The maximum absolute atomic E-state index is 14.6. The van der Waals surface area contributed by atoms with Crippen LogP contribution in [0.1, 0.15) is 19.4 Å². The van der Waals surface area contributed by atoms with Crippen molar-refractivity contribution >= 4 is 23.1 Å². The van der Waals surface area contributed by atoms with E-state index in [2.05, 4.69) is 10.1 Å². The number of thiophene rings is 1. The average Bonchev–Trinajstić information content (AvgIpc) is 3.52. The van der Waals surface area contributed by atoms with Gasteiger partial charge < -0.3 is 14.5 Å². The van der Waals surface area contributed by atoms with Crippen LogP contribution in [0, 0.1) is 11.6 Å². The molecule has 5 heterocycles. The highest BCUT2D eigenvalue weighted by Gasteiger charge is 2.47. The van der Waals surface area contributed by atoms with E-state index in [0.717, 1.165) is 27.5 Å². The van der Waals surface area contributed by atoms with Crippen LogP contribution >= 0.6 is 11.3 Å². The quantitative estimate of drug-likeness (QED) is 0.303. The van der Waals surface area contributed by atoms with E-state index in [-0.39, 0.29) is 18.8 Å². The number of hydrogen-bond donors (Lipinski definition) is 0. The molecule has 2 atom stereocenters. The zero-order valence-corrected chi connectivity index (χ0v) is 22.6. The van der Waals surface area contributed by atoms with Crippen LogP contribution in [0.3, 0.4) is 0 Å². The number of amides is 1. The van der Waals surface area contributed by atoms with E-state index in [1.54, 1.807) is 26.0 Å². The lowest BCUT2D eigenvalue weighted by Crippen LogP contribution is -2.61. The molecule has 0 bridgehead atoms. The molecule has 8 nitrogen and oxygen atoms in total. The minimum Gasteiger partial charge on any atom is -0.491 e. The maximum Gasteiger partial charge on any atom is 0.471 e. The molecule has 0 aliphatic carbocycles. The zero-order chi connectivity index (χ0) is 29.1. The van der Waals surface area contributed by atoms with Gasteiger partial charge in [0.2, 0.25) is 0 Å². The van der Waals surface area contributed by atoms with Crippen molar-refractivity contribution in [2.75, 3.05) is 24.6 Å². The molecule has 1 aromatic carbocycles. The number of alkyl halides is 3. The third kappa shape index (κ3) is 4.89. The summed E-state index contributed by atoms with van der Waals surface area (Å²) >= 11 is 1.37. The molecule has 0 spiro atoms. The number of halogens is 5. The number of anilines is 1. The second kappa shape index (κ2) is 10.1. The van der Waals surface area contributed by atoms with Crippen LogP contribution in [0.4, 0.5) is 27.8 Å². The Morgan fingerprint density at radius 2 is 1.83 bits per heavy atom. The highest BCUT2D eigenvalue weighted by Crippen LogP contribution is 2.43. The van der Waals surface area contributed by atoms with Gasteiger partial charge in [0, 0.05) is 37.7 Å². The average molecular weight is 591 g/mol. The van der Waals surface area contributed by atoms with Crippen molar-refractivity contribution in [2.24, 2.45) is 0 Å². The molecular formula is C27H23F5N6O2S. The Labute approximate surface area is 235 Å². The molecule has 1 saturated heterocycles. The number of benzene rings is 1. The standard InChI is InChI=1S/C27H23F5N6O2S/c1-14-11-36(12-15(2)37(14)26(39)27(30,31)32)22-6-5-20-23(35-22)24-16(7-8-40-20)9-21(41-24)25-33-13-34-38(25)19-4-3-17(28)10-18(19)29/h3-6,9-10,13-15H,7-8,11-12H2,1-2H3. The third-order valence-electron chi connectivity index (χ3n) is 7.12. The Hall–Kier alpha value is -4.07. The van der Waals surface area contributed by atoms with Gasteiger partial charge in [-0.3, -0.25) is 4.79 Å². The van der Waals surface area contributed by atoms with Crippen molar-refractivity contribution in [2.45, 2.75) is 38.5 Å². The molecule has 0 N–H and O–H groups in total. The first-order valence-electron chi connectivity index (χ1n) is 12.8. The van der Waals surface area contributed by atoms with Gasteiger partial charge in [0.25, 0.3) is 0 Å². The lowest BCUT2D eigenvalue weighted by molar-refractivity contribution is -0.190. The first-order valence-corrected chi connectivity index (χ1v) is 13.6. The second-order valence-corrected chi connectivity index (χ2v) is 11.0. The van der Waals surface area contributed by atoms with Crippen LogP contribution < -0.4 is 9.64 Å². The van der Waals surface area contributed by atoms with Crippen molar-refractivity contribution in [1.29, 1.82) is 0 Å². The summed E-state index contributed by atoms with van der Waals surface area (Å²) in [5.74, 6) is -1.85. The summed E-state index contributed by atoms with van der Waals surface area (Å²) in [6.07, 6.45) is -3.07. The number of ether oxygens (including phenoxy) is 1. The summed E-state index contributed by atoms with van der Waals surface area (Å²) in [7, 11) is 0. The number of carbonyl (C=O) groups is 1. The van der Waals surface area contributed by atoms with Crippen molar-refractivity contribution in [3.05, 3.63) is 59.9 Å². The molecule has 214 valence electrons. The molecule has 0 saturated carbocycles. The summed E-state index contributed by atoms with van der Waals surface area (Å²) in [5.41, 5.74) is 1.56. The summed E-state index contributed by atoms with van der Waals surface area (Å²) in [4.78, 5) is 25.4. The molecular weight excluding hydrogens is 567 g/mol. The number of fused-ring (bicyclic) bond motifs is 3. The Kier molecular flexibility index (Phi) is 6.67. The van der Waals surface area contributed by atoms with Gasteiger partial charge in [-0.1, -0.05) is 0 Å². The molecule has 3 aromatic heterocycles. The first kappa shape index (κ1) is 27.1. The number of piperazine rings is 1. The molecule has 2 aliphatic heterocycles. The maximum atomic E-state index is 14.6. The SMILES string of the molecule is CC1CN(c2ccc3c(n2)-c2sc(-c4ncnn4-c4ccc(F)cc4F)cc2CCO3)CC(C)N1C(=O)C(F)(F)F. The molecule has 4 aromatic rings. The fourth-order valence-corrected chi connectivity index (χ4v) is 6.57. The molecule has 41 heavy (non-hydrogen) atoms. The van der Waals surface area contributed by atoms with Crippen LogP contribution in [0.25, 0.3) is 27.0 Å². The molecule has 1 amide bonds. The number of hydrogen-bond acceptors (Lipinski definition) is 7. The smallest absolute Gasteiger partial charge is 0.471 e. The Morgan fingerprint density at radius 3 is 2.54 bits per heavy atom. The van der Waals surface area contributed by atoms with Gasteiger partial charge >= 0.3 is 12.1 Å². The molecule has 1 fully saturated rings. The van der Waals surface area contributed by atoms with Crippen LogP contribution in [0.2, 0.25) is 0 Å². The first-order chi connectivity index (χ1) is 19.5. The van der Waals surface area contributed by atoms with Gasteiger partial charge in [-0.15, -0.1) is 11.3 Å². The lowest BCUT2D eigenvalue weighted by Gasteiger charge is -2.45. The van der Waals surface area contributed by atoms with E-state index in [1.807, 2.05) is 11.0 Å². The molecule has 14 heteroatoms. The minimum absolute atomic E-state index is 0.0537. The number of carbonyl (C=O) groups excluding carboxylic acids is 1. The van der Waals surface area contributed by atoms with E-state index in [4.69, 9.17) is 9.72 Å². The third-order valence-corrected chi connectivity index (χ3v) is 8.30. The number of pyridine rings is 1. The lowest BCUT2D eigenvalue weighted by atomic mass is 10.1. The molecule has 0 radical (unpaired) electrons. The topological polar surface area (TPSA) is 76.4 Å². The van der Waals surface area contributed by atoms with Gasteiger partial charge in [0.05, 0.1) is 16.4 Å². The largest absolute Gasteiger partial charge is 0.491 e. The van der Waals surface area contributed by atoms with Gasteiger partial charge in [-0.25, -0.2) is 23.4 Å². The van der Waals surface area contributed by atoms with E-state index < -0.39 is 35.8 Å². The van der Waals surface area contributed by atoms with E-state index in [0.29, 0.717) is 41.0 Å². The normalized spacial score (nSPS) is 18.9. The second-order valence-electron chi connectivity index (χ2n) is 9.98. The van der Waals surface area contributed by atoms with Crippen molar-refractivity contribution in [1.82, 2.24) is 24.6 Å². The van der Waals surface area contributed by atoms with Crippen LogP contribution in [0.15, 0.2) is 42.7 Å². The summed E-state index contributed by atoms with van der Waals surface area (Å²) in [5, 5.41) is 4.15. The van der Waals surface area contributed by atoms with Gasteiger partial charge in [0.15, 0.2) is 11.6 Å². The highest BCUT2D eigenvalue weighted by atomic mass is 32.1. The van der Waals surface area contributed by atoms with E-state index >= 15 is 0 Å². The van der Waals surface area contributed by atoms with Crippen molar-refractivity contribution in [3.63, 3.8) is 0 Å². The minimum atomic E-state index is -4.94. The van der Waals surface area contributed by atoms with E-state index in [1.165, 1.54) is 28.4 Å². The fraction of sp³-hybridized carbons (Fsp3) is 0.333. The van der Waals surface area contributed by atoms with Gasteiger partial charge in [-0.05, 0) is 49.7 Å². The highest BCUT2D eigenvalue weighted by molar-refractivity contribution is 7.19. The monoisotopic (exact) mass is 590 g/mol. The summed E-state index contributed by atoms with van der Waals surface area (Å²) in [6.45, 7) is 3.91. The predicted octanol–water partition coefficient (Wildman–Crippen LogP) is 5.26. The van der Waals surface area contributed by atoms with Gasteiger partial charge in [-0.2, -0.15) is 18.3 Å². The van der Waals surface area contributed by atoms with Crippen LogP contribution in [-0.4, -0.2) is 68.5 Å². The van der Waals surface area contributed by atoms with E-state index in [9.17, 15) is 26.7 Å². The number of nitrogens with zero attached hydrogens (tertiary/aromatic N) is 6. The zero-order valence-electron chi connectivity index (χ0n) is 21.8.